The molecule has 1 aliphatic carbocycles. The fourth-order valence-corrected chi connectivity index (χ4v) is 6.28. The predicted octanol–water partition coefficient (Wildman–Crippen LogP) is 4.67. The third-order valence-electron chi connectivity index (χ3n) is 8.79. The summed E-state index contributed by atoms with van der Waals surface area (Å²) in [6.45, 7) is 8.47. The summed E-state index contributed by atoms with van der Waals surface area (Å²) in [6, 6.07) is 12.0. The number of nitrogen functional groups attached to an aromatic ring is 1. The molecule has 4 heterocycles. The zero-order chi connectivity index (χ0) is 30.5. The normalized spacial score (nSPS) is 19.9. The summed E-state index contributed by atoms with van der Waals surface area (Å²) in [7, 11) is 1.69. The molecule has 0 bridgehead atoms. The Kier molecular flexibility index (Phi) is 9.58. The fourth-order valence-electron chi connectivity index (χ4n) is 6.28. The van der Waals surface area contributed by atoms with Gasteiger partial charge < -0.3 is 20.7 Å². The molecule has 12 heteroatoms. The van der Waals surface area contributed by atoms with E-state index in [2.05, 4.69) is 36.1 Å². The van der Waals surface area contributed by atoms with Crippen LogP contribution in [0, 0.1) is 11.6 Å². The van der Waals surface area contributed by atoms with Crippen LogP contribution in [0.3, 0.4) is 0 Å². The molecular formula is C32H42F2N8O2. The van der Waals surface area contributed by atoms with Crippen molar-refractivity contribution in [1.29, 1.82) is 0 Å². The van der Waals surface area contributed by atoms with Crippen LogP contribution in [0.5, 0.6) is 5.75 Å². The molecule has 3 aliphatic heterocycles. The monoisotopic (exact) mass is 608 g/mol. The van der Waals surface area contributed by atoms with Crippen LogP contribution in [0.25, 0.3) is 0 Å². The summed E-state index contributed by atoms with van der Waals surface area (Å²) in [6.07, 6.45) is 7.70. The molecule has 7 rings (SSSR count). The summed E-state index contributed by atoms with van der Waals surface area (Å²) in [5, 5.41) is 5.16. The predicted molar refractivity (Wildman–Crippen MR) is 168 cm³/mol. The molecule has 2 aromatic carbocycles. The number of nitrogens with one attached hydrogen (secondary N) is 1. The molecule has 0 radical (unpaired) electrons. The molecule has 1 aromatic heterocycles. The molecular weight excluding hydrogens is 566 g/mol. The van der Waals surface area contributed by atoms with Gasteiger partial charge in [-0.25, -0.2) is 23.8 Å². The maximum atomic E-state index is 11.9. The Balaban J connectivity index is 0.000000374. The molecule has 0 spiro atoms. The highest BCUT2D eigenvalue weighted by Crippen LogP contribution is 2.38. The lowest BCUT2D eigenvalue weighted by Crippen LogP contribution is -2.53. The summed E-state index contributed by atoms with van der Waals surface area (Å²) in [5.74, 6) is 1.08. The van der Waals surface area contributed by atoms with E-state index in [1.54, 1.807) is 18.5 Å². The smallest absolute Gasteiger partial charge is 0.157 e. The minimum absolute atomic E-state index is 0.537. The largest absolute Gasteiger partial charge is 0.494 e. The number of nitrogens with zero attached hydrogens (tertiary/aromatic N) is 6. The van der Waals surface area contributed by atoms with Crippen LogP contribution in [-0.4, -0.2) is 91.4 Å². The number of piperazine rings is 1. The molecule has 236 valence electrons. The van der Waals surface area contributed by atoms with Crippen LogP contribution in [0.2, 0.25) is 0 Å². The van der Waals surface area contributed by atoms with E-state index in [1.165, 1.54) is 70.1 Å². The first-order valence-corrected chi connectivity index (χ1v) is 15.6. The molecule has 3 saturated heterocycles. The van der Waals surface area contributed by atoms with E-state index in [1.807, 2.05) is 12.1 Å². The molecule has 44 heavy (non-hydrogen) atoms. The minimum atomic E-state index is -0.537. The van der Waals surface area contributed by atoms with Crippen LogP contribution >= 0.6 is 0 Å². The van der Waals surface area contributed by atoms with Gasteiger partial charge >= 0.3 is 0 Å². The van der Waals surface area contributed by atoms with E-state index in [9.17, 15) is 8.78 Å². The van der Waals surface area contributed by atoms with Gasteiger partial charge in [0.2, 0.25) is 0 Å². The number of methoxy groups -OCH3 is 1. The van der Waals surface area contributed by atoms with Gasteiger partial charge in [0.1, 0.15) is 29.5 Å². The first-order chi connectivity index (χ1) is 21.5. The Hall–Kier alpha value is -3.74. The zero-order valence-corrected chi connectivity index (χ0v) is 25.3. The second-order valence-electron chi connectivity index (χ2n) is 11.7. The molecule has 4 fully saturated rings. The number of rotatable bonds is 7. The number of piperidine rings is 1. The molecule has 3 aromatic rings. The van der Waals surface area contributed by atoms with Crippen LogP contribution in [0.4, 0.5) is 37.5 Å². The number of aromatic nitrogens is 2. The van der Waals surface area contributed by atoms with Gasteiger partial charge in [-0.2, -0.15) is 0 Å². The quantitative estimate of drug-likeness (QED) is 0.369. The number of hydroxylamine groups is 1. The molecule has 3 N–H and O–H groups in total. The van der Waals surface area contributed by atoms with Gasteiger partial charge in [0, 0.05) is 76.1 Å². The average molecular weight is 609 g/mol. The third-order valence-corrected chi connectivity index (χ3v) is 8.79. The van der Waals surface area contributed by atoms with Crippen molar-refractivity contribution in [3.8, 4) is 5.75 Å². The maximum Gasteiger partial charge on any atom is 0.157 e. The van der Waals surface area contributed by atoms with Gasteiger partial charge in [0.25, 0.3) is 0 Å². The lowest BCUT2D eigenvalue weighted by atomic mass is 10.0. The minimum Gasteiger partial charge on any atom is -0.494 e. The first kappa shape index (κ1) is 30.3. The standard InChI is InChI=1S/C26H38N8O2.C6H4F2/c1-35-24-16-23(33-8-5-20(6-9-33)32-12-10-31(11-13-32)19-3-4-19)21(27)15-22(24)30-25-17-26(29-18-28-25)34-7-2-14-36-34;7-5-2-1-3-6(8)4-5/h15-20H,2-14,27H2,1H3,(H,28,29,30);1-4H. The van der Waals surface area contributed by atoms with Crippen molar-refractivity contribution in [3.05, 3.63) is 60.4 Å². The number of benzene rings is 2. The van der Waals surface area contributed by atoms with Crippen LogP contribution in [0.1, 0.15) is 32.1 Å². The van der Waals surface area contributed by atoms with Crippen molar-refractivity contribution < 1.29 is 18.4 Å². The van der Waals surface area contributed by atoms with Crippen molar-refractivity contribution in [2.24, 2.45) is 0 Å². The van der Waals surface area contributed by atoms with Crippen molar-refractivity contribution >= 4 is 28.7 Å². The average Bonchev–Trinajstić information content (AvgIpc) is 3.75. The van der Waals surface area contributed by atoms with E-state index in [4.69, 9.17) is 15.3 Å². The summed E-state index contributed by atoms with van der Waals surface area (Å²) >= 11 is 0. The number of hydrogen-bond donors (Lipinski definition) is 2. The highest BCUT2D eigenvalue weighted by molar-refractivity contribution is 5.79. The Labute approximate surface area is 257 Å². The number of nitrogens with two attached hydrogens (primary N) is 1. The van der Waals surface area contributed by atoms with Crippen molar-refractivity contribution in [2.75, 3.05) is 80.5 Å². The Morgan fingerprint density at radius 1 is 0.864 bits per heavy atom. The lowest BCUT2D eigenvalue weighted by molar-refractivity contribution is 0.0809. The van der Waals surface area contributed by atoms with Crippen molar-refractivity contribution in [1.82, 2.24) is 19.8 Å². The molecule has 0 unspecified atom stereocenters. The summed E-state index contributed by atoms with van der Waals surface area (Å²) in [4.78, 5) is 22.1. The SMILES string of the molecule is COc1cc(N2CCC(N3CCN(C4CC4)CC3)CC2)c(N)cc1Nc1cc(N2CCCO2)ncn1.Fc1cccc(F)c1. The first-order valence-electron chi connectivity index (χ1n) is 15.6. The van der Waals surface area contributed by atoms with E-state index >= 15 is 0 Å². The number of halogens is 2. The van der Waals surface area contributed by atoms with E-state index in [0.29, 0.717) is 18.5 Å². The van der Waals surface area contributed by atoms with E-state index in [0.717, 1.165) is 66.8 Å². The Bertz CT molecular complexity index is 1370. The van der Waals surface area contributed by atoms with Gasteiger partial charge in [-0.15, -0.1) is 0 Å². The molecule has 10 nitrogen and oxygen atoms in total. The van der Waals surface area contributed by atoms with Gasteiger partial charge in [-0.05, 0) is 50.3 Å². The molecule has 0 atom stereocenters. The number of anilines is 5. The summed E-state index contributed by atoms with van der Waals surface area (Å²) in [5.41, 5.74) is 9.15. The second kappa shape index (κ2) is 13.9. The highest BCUT2D eigenvalue weighted by Gasteiger charge is 2.34. The molecule has 4 aliphatic rings. The maximum absolute atomic E-state index is 11.9. The van der Waals surface area contributed by atoms with Gasteiger partial charge in [-0.3, -0.25) is 14.6 Å². The summed E-state index contributed by atoms with van der Waals surface area (Å²) < 4.78 is 29.6. The lowest BCUT2D eigenvalue weighted by Gasteiger charge is -2.43. The zero-order valence-electron chi connectivity index (χ0n) is 25.3. The van der Waals surface area contributed by atoms with E-state index < -0.39 is 11.6 Å². The van der Waals surface area contributed by atoms with Crippen molar-refractivity contribution in [3.63, 3.8) is 0 Å². The van der Waals surface area contributed by atoms with Gasteiger partial charge in [0.05, 0.1) is 30.8 Å². The van der Waals surface area contributed by atoms with Gasteiger partial charge in [-0.1, -0.05) is 6.07 Å². The van der Waals surface area contributed by atoms with Crippen LogP contribution in [-0.2, 0) is 4.84 Å². The highest BCUT2D eigenvalue weighted by atomic mass is 19.1. The second-order valence-corrected chi connectivity index (χ2v) is 11.7. The number of ether oxygens (including phenoxy) is 1. The fraction of sp³-hybridized carbons (Fsp3) is 0.500. The third kappa shape index (κ3) is 7.48. The van der Waals surface area contributed by atoms with Crippen LogP contribution < -0.4 is 25.8 Å². The molecule has 1 saturated carbocycles. The Morgan fingerprint density at radius 2 is 1.55 bits per heavy atom. The molecule has 0 amide bonds. The number of hydrogen-bond acceptors (Lipinski definition) is 10. The Morgan fingerprint density at radius 3 is 2.11 bits per heavy atom. The van der Waals surface area contributed by atoms with Crippen molar-refractivity contribution in [2.45, 2.75) is 44.2 Å². The van der Waals surface area contributed by atoms with Crippen LogP contribution in [0.15, 0.2) is 48.8 Å². The van der Waals surface area contributed by atoms with E-state index in [-0.39, 0.29) is 0 Å². The van der Waals surface area contributed by atoms with Gasteiger partial charge in [0.15, 0.2) is 5.82 Å². The topological polar surface area (TPSA) is 95.2 Å².